The molecular weight excluding hydrogens is 300 g/mol. The normalized spacial score (nSPS) is 11.5. The lowest BCUT2D eigenvalue weighted by molar-refractivity contribution is -0.144. The summed E-state index contributed by atoms with van der Waals surface area (Å²) in [4.78, 5) is 11.1. The Morgan fingerprint density at radius 3 is 1.46 bits per heavy atom. The molecule has 1 N–H and O–H groups in total. The Balaban J connectivity index is 4.14. The molecule has 0 spiro atoms. The first-order valence-electron chi connectivity index (χ1n) is 10.4. The number of hydrazine groups is 1. The lowest BCUT2D eigenvalue weighted by Crippen LogP contribution is -2.46. The number of aliphatic carboxylic acids is 1. The molecular formula is C20H42N2O2. The van der Waals surface area contributed by atoms with Gasteiger partial charge in [-0.3, -0.25) is 4.79 Å². The molecule has 24 heavy (non-hydrogen) atoms. The van der Waals surface area contributed by atoms with E-state index >= 15 is 0 Å². The topological polar surface area (TPSA) is 43.8 Å². The van der Waals surface area contributed by atoms with Gasteiger partial charge in [-0.1, -0.05) is 85.0 Å². The van der Waals surface area contributed by atoms with Gasteiger partial charge in [0, 0.05) is 19.6 Å². The van der Waals surface area contributed by atoms with Gasteiger partial charge in [0.25, 0.3) is 0 Å². The minimum Gasteiger partial charge on any atom is -0.480 e. The van der Waals surface area contributed by atoms with Crippen molar-refractivity contribution in [2.45, 2.75) is 97.8 Å². The molecule has 0 atom stereocenters. The summed E-state index contributed by atoms with van der Waals surface area (Å²) in [6, 6.07) is 0. The van der Waals surface area contributed by atoms with Gasteiger partial charge in [-0.05, 0) is 12.8 Å². The van der Waals surface area contributed by atoms with E-state index < -0.39 is 5.97 Å². The Morgan fingerprint density at radius 2 is 1.08 bits per heavy atom. The van der Waals surface area contributed by atoms with Crippen molar-refractivity contribution < 1.29 is 9.90 Å². The first-order chi connectivity index (χ1) is 11.7. The van der Waals surface area contributed by atoms with Crippen LogP contribution in [0.15, 0.2) is 0 Å². The second-order valence-electron chi connectivity index (χ2n) is 6.86. The van der Waals surface area contributed by atoms with Crippen LogP contribution in [0.1, 0.15) is 97.8 Å². The number of carboxylic acid groups (broad SMARTS) is 1. The number of unbranched alkanes of at least 4 members (excludes halogenated alkanes) is 10. The predicted molar refractivity (Wildman–Crippen MR) is 103 cm³/mol. The summed E-state index contributed by atoms with van der Waals surface area (Å²) < 4.78 is 0. The van der Waals surface area contributed by atoms with Crippen molar-refractivity contribution in [1.82, 2.24) is 10.0 Å². The van der Waals surface area contributed by atoms with Gasteiger partial charge in [0.15, 0.2) is 0 Å². The van der Waals surface area contributed by atoms with E-state index in [2.05, 4.69) is 25.8 Å². The molecule has 0 saturated heterocycles. The Bertz CT molecular complexity index is 269. The predicted octanol–water partition coefficient (Wildman–Crippen LogP) is 5.33. The van der Waals surface area contributed by atoms with Gasteiger partial charge in [-0.2, -0.15) is 0 Å². The average molecular weight is 343 g/mol. The van der Waals surface area contributed by atoms with E-state index in [1.54, 1.807) is 0 Å². The van der Waals surface area contributed by atoms with Crippen molar-refractivity contribution in [2.75, 3.05) is 26.2 Å². The molecule has 4 nitrogen and oxygen atoms in total. The van der Waals surface area contributed by atoms with Crippen LogP contribution in [0.2, 0.25) is 0 Å². The molecule has 0 aliphatic heterocycles. The Hall–Kier alpha value is -0.610. The maximum atomic E-state index is 11.1. The summed E-state index contributed by atoms with van der Waals surface area (Å²) in [5.74, 6) is -0.729. The third-order valence-corrected chi connectivity index (χ3v) is 4.62. The highest BCUT2D eigenvalue weighted by molar-refractivity contribution is 5.68. The van der Waals surface area contributed by atoms with Crippen LogP contribution in [0.25, 0.3) is 0 Å². The minimum absolute atomic E-state index is 0.127. The van der Waals surface area contributed by atoms with Crippen LogP contribution < -0.4 is 0 Å². The van der Waals surface area contributed by atoms with E-state index in [-0.39, 0.29) is 6.54 Å². The number of nitrogens with zero attached hydrogens (tertiary/aromatic N) is 2. The van der Waals surface area contributed by atoms with Gasteiger partial charge >= 0.3 is 5.97 Å². The summed E-state index contributed by atoms with van der Waals surface area (Å²) in [5.41, 5.74) is 0. The molecule has 0 aromatic rings. The second-order valence-corrected chi connectivity index (χ2v) is 6.86. The van der Waals surface area contributed by atoms with E-state index in [1.165, 1.54) is 77.0 Å². The van der Waals surface area contributed by atoms with E-state index in [9.17, 15) is 4.79 Å². The van der Waals surface area contributed by atoms with Crippen molar-refractivity contribution >= 4 is 5.97 Å². The average Bonchev–Trinajstić information content (AvgIpc) is 2.57. The van der Waals surface area contributed by atoms with Crippen molar-refractivity contribution in [1.29, 1.82) is 0 Å². The molecule has 0 unspecified atom stereocenters. The van der Waals surface area contributed by atoms with Crippen molar-refractivity contribution in [3.8, 4) is 0 Å². The molecule has 0 bridgehead atoms. The third-order valence-electron chi connectivity index (χ3n) is 4.62. The van der Waals surface area contributed by atoms with E-state index in [0.29, 0.717) is 0 Å². The van der Waals surface area contributed by atoms with E-state index in [1.807, 2.05) is 5.01 Å². The fourth-order valence-corrected chi connectivity index (χ4v) is 3.11. The minimum atomic E-state index is -0.729. The number of carbonyl (C=O) groups is 1. The third kappa shape index (κ3) is 13.8. The highest BCUT2D eigenvalue weighted by Gasteiger charge is 2.16. The zero-order valence-corrected chi connectivity index (χ0v) is 16.6. The molecule has 0 aliphatic rings. The van der Waals surface area contributed by atoms with Crippen LogP contribution in [0, 0.1) is 0 Å². The Labute approximate surface area is 150 Å². The molecule has 144 valence electrons. The lowest BCUT2D eigenvalue weighted by Gasteiger charge is -2.33. The summed E-state index contributed by atoms with van der Waals surface area (Å²) in [6.07, 6.45) is 15.4. The van der Waals surface area contributed by atoms with Crippen LogP contribution in [0.3, 0.4) is 0 Å². The van der Waals surface area contributed by atoms with Gasteiger partial charge in [0.1, 0.15) is 6.54 Å². The van der Waals surface area contributed by atoms with E-state index in [0.717, 1.165) is 19.6 Å². The molecule has 0 saturated carbocycles. The van der Waals surface area contributed by atoms with Crippen LogP contribution in [-0.2, 0) is 4.79 Å². The molecule has 0 rings (SSSR count). The van der Waals surface area contributed by atoms with Crippen LogP contribution in [0.4, 0.5) is 0 Å². The fourth-order valence-electron chi connectivity index (χ4n) is 3.11. The smallest absolute Gasteiger partial charge is 0.319 e. The van der Waals surface area contributed by atoms with Gasteiger partial charge in [-0.15, -0.1) is 0 Å². The quantitative estimate of drug-likeness (QED) is 0.270. The number of rotatable bonds is 18. The fraction of sp³-hybridized carbons (Fsp3) is 0.950. The number of hydrogen-bond donors (Lipinski definition) is 1. The van der Waals surface area contributed by atoms with Crippen molar-refractivity contribution in [3.05, 3.63) is 0 Å². The highest BCUT2D eigenvalue weighted by Crippen LogP contribution is 2.10. The zero-order valence-electron chi connectivity index (χ0n) is 16.6. The molecule has 0 aromatic carbocycles. The highest BCUT2D eigenvalue weighted by atomic mass is 16.4. The first-order valence-corrected chi connectivity index (χ1v) is 10.4. The molecule has 0 fully saturated rings. The van der Waals surface area contributed by atoms with Crippen molar-refractivity contribution in [2.24, 2.45) is 0 Å². The maximum Gasteiger partial charge on any atom is 0.319 e. The maximum absolute atomic E-state index is 11.1. The van der Waals surface area contributed by atoms with Gasteiger partial charge in [0.05, 0.1) is 0 Å². The van der Waals surface area contributed by atoms with E-state index in [4.69, 9.17) is 5.11 Å². The molecule has 4 heteroatoms. The first kappa shape index (κ1) is 23.4. The summed E-state index contributed by atoms with van der Waals surface area (Å²) in [6.45, 7) is 9.45. The molecule has 0 aliphatic carbocycles. The van der Waals surface area contributed by atoms with Gasteiger partial charge in [-0.25, -0.2) is 10.0 Å². The standard InChI is InChI=1S/C20H42N2O2/c1-4-7-9-11-13-15-17-22(21(6-3)19-20(23)24)18-16-14-12-10-8-5-2/h4-19H2,1-3H3,(H,23,24). The van der Waals surface area contributed by atoms with Crippen molar-refractivity contribution in [3.63, 3.8) is 0 Å². The largest absolute Gasteiger partial charge is 0.480 e. The van der Waals surface area contributed by atoms with Crippen LogP contribution in [-0.4, -0.2) is 47.3 Å². The van der Waals surface area contributed by atoms with Gasteiger partial charge < -0.3 is 5.11 Å². The Kier molecular flexibility index (Phi) is 16.8. The number of likely N-dealkylation sites (N-methyl/N-ethyl adjacent to an activating group) is 1. The summed E-state index contributed by atoms with van der Waals surface area (Å²) >= 11 is 0. The summed E-state index contributed by atoms with van der Waals surface area (Å²) in [5, 5.41) is 13.4. The molecule has 0 amide bonds. The van der Waals surface area contributed by atoms with Crippen LogP contribution >= 0.6 is 0 Å². The monoisotopic (exact) mass is 342 g/mol. The zero-order chi connectivity index (χ0) is 18.0. The Morgan fingerprint density at radius 1 is 0.667 bits per heavy atom. The lowest BCUT2D eigenvalue weighted by atomic mass is 10.1. The summed E-state index contributed by atoms with van der Waals surface area (Å²) in [7, 11) is 0. The van der Waals surface area contributed by atoms with Gasteiger partial charge in [0.2, 0.25) is 0 Å². The second kappa shape index (κ2) is 17.2. The number of hydrogen-bond acceptors (Lipinski definition) is 3. The SMILES string of the molecule is CCCCCCCCN(CCCCCCCC)N(CC)CC(=O)O. The molecule has 0 heterocycles. The van der Waals surface area contributed by atoms with Crippen LogP contribution in [0.5, 0.6) is 0 Å². The molecule has 0 aromatic heterocycles. The molecule has 0 radical (unpaired) electrons. The number of carboxylic acids is 1.